The van der Waals surface area contributed by atoms with Gasteiger partial charge in [-0.05, 0) is 48.5 Å². The lowest BCUT2D eigenvalue weighted by Gasteiger charge is -2.17. The number of amides is 1. The summed E-state index contributed by atoms with van der Waals surface area (Å²) in [6, 6.07) is 11.0. The molecule has 86 valence electrons. The fraction of sp³-hybridized carbons (Fsp3) is 0. The molecule has 4 heteroatoms. The van der Waals surface area contributed by atoms with Crippen molar-refractivity contribution in [1.29, 1.82) is 0 Å². The highest BCUT2D eigenvalue weighted by atomic mass is 19.1. The average molecular weight is 233 g/mol. The van der Waals surface area contributed by atoms with Crippen LogP contribution in [0.15, 0.2) is 48.5 Å². The molecule has 0 unspecified atom stereocenters. The highest BCUT2D eigenvalue weighted by Gasteiger charge is 2.07. The monoisotopic (exact) mass is 233 g/mol. The molecule has 2 aromatic rings. The van der Waals surface area contributed by atoms with Gasteiger partial charge in [0, 0.05) is 11.4 Å². The molecule has 0 spiro atoms. The molecule has 0 fully saturated rings. The molecule has 0 bridgehead atoms. The van der Waals surface area contributed by atoms with Crippen LogP contribution >= 0.6 is 0 Å². The van der Waals surface area contributed by atoms with Crippen LogP contribution in [0.4, 0.5) is 20.2 Å². The molecule has 0 heterocycles. The molecule has 0 atom stereocenters. The van der Waals surface area contributed by atoms with Gasteiger partial charge in [-0.1, -0.05) is 0 Å². The number of rotatable bonds is 3. The zero-order chi connectivity index (χ0) is 12.3. The summed E-state index contributed by atoms with van der Waals surface area (Å²) in [5.74, 6) is -0.752. The number of carbonyl (C=O) groups is 1. The van der Waals surface area contributed by atoms with E-state index >= 15 is 0 Å². The molecule has 0 N–H and O–H groups in total. The standard InChI is InChI=1S/C13H9F2NO/c14-10-1-5-12(6-2-10)16(9-17)13-7-3-11(15)4-8-13/h1-9H. The maximum atomic E-state index is 12.8. The number of hydrogen-bond acceptors (Lipinski definition) is 1. The number of anilines is 2. The quantitative estimate of drug-likeness (QED) is 0.745. The third kappa shape index (κ3) is 2.47. The molecule has 0 aliphatic rings. The summed E-state index contributed by atoms with van der Waals surface area (Å²) in [4.78, 5) is 12.3. The van der Waals surface area contributed by atoms with Crippen LogP contribution in [0.3, 0.4) is 0 Å². The van der Waals surface area contributed by atoms with Crippen molar-refractivity contribution in [3.05, 3.63) is 60.2 Å². The van der Waals surface area contributed by atoms with E-state index in [2.05, 4.69) is 0 Å². The van der Waals surface area contributed by atoms with Crippen molar-refractivity contribution < 1.29 is 13.6 Å². The van der Waals surface area contributed by atoms with E-state index in [1.54, 1.807) is 0 Å². The first-order valence-electron chi connectivity index (χ1n) is 4.96. The van der Waals surface area contributed by atoms with E-state index < -0.39 is 0 Å². The third-order valence-electron chi connectivity index (χ3n) is 2.32. The Labute approximate surface area is 97.1 Å². The minimum absolute atomic E-state index is 0.376. The van der Waals surface area contributed by atoms with Crippen molar-refractivity contribution in [1.82, 2.24) is 0 Å². The van der Waals surface area contributed by atoms with E-state index in [1.165, 1.54) is 53.4 Å². The van der Waals surface area contributed by atoms with Crippen molar-refractivity contribution in [2.75, 3.05) is 4.90 Å². The first-order valence-corrected chi connectivity index (χ1v) is 4.96. The SMILES string of the molecule is O=CN(c1ccc(F)cc1)c1ccc(F)cc1. The van der Waals surface area contributed by atoms with Crippen molar-refractivity contribution in [2.45, 2.75) is 0 Å². The van der Waals surface area contributed by atoms with Gasteiger partial charge in [-0.2, -0.15) is 0 Å². The maximum Gasteiger partial charge on any atom is 0.218 e. The lowest BCUT2D eigenvalue weighted by Crippen LogP contribution is -2.13. The number of nitrogens with zero attached hydrogens (tertiary/aromatic N) is 1. The molecule has 0 aromatic heterocycles. The Morgan fingerprint density at radius 2 is 1.12 bits per heavy atom. The Kier molecular flexibility index (Phi) is 3.14. The van der Waals surface area contributed by atoms with Crippen LogP contribution in [0.5, 0.6) is 0 Å². The Bertz CT molecular complexity index is 462. The van der Waals surface area contributed by atoms with Crippen LogP contribution < -0.4 is 4.90 Å². The molecule has 17 heavy (non-hydrogen) atoms. The number of hydrogen-bond donors (Lipinski definition) is 0. The summed E-state index contributed by atoms with van der Waals surface area (Å²) in [6.07, 6.45) is 0.598. The van der Waals surface area contributed by atoms with Gasteiger partial charge in [-0.15, -0.1) is 0 Å². The van der Waals surface area contributed by atoms with Crippen LogP contribution in [-0.2, 0) is 4.79 Å². The lowest BCUT2D eigenvalue weighted by molar-refractivity contribution is -0.106. The molecule has 1 amide bonds. The average Bonchev–Trinajstić information content (AvgIpc) is 2.35. The van der Waals surface area contributed by atoms with Crippen LogP contribution in [0.25, 0.3) is 0 Å². The molecule has 2 rings (SSSR count). The summed E-state index contributed by atoms with van der Waals surface area (Å²) in [5, 5.41) is 0. The summed E-state index contributed by atoms with van der Waals surface area (Å²) < 4.78 is 25.5. The van der Waals surface area contributed by atoms with Gasteiger partial charge in [0.25, 0.3) is 0 Å². The number of carbonyl (C=O) groups excluding carboxylic acids is 1. The lowest BCUT2D eigenvalue weighted by atomic mass is 10.2. The molecule has 0 saturated carbocycles. The van der Waals surface area contributed by atoms with Crippen LogP contribution in [0.1, 0.15) is 0 Å². The molecule has 2 aromatic carbocycles. The molecular formula is C13H9F2NO. The predicted octanol–water partition coefficient (Wildman–Crippen LogP) is 3.26. The first kappa shape index (κ1) is 11.3. The zero-order valence-electron chi connectivity index (χ0n) is 8.81. The van der Waals surface area contributed by atoms with Crippen molar-refractivity contribution in [2.24, 2.45) is 0 Å². The van der Waals surface area contributed by atoms with Crippen LogP contribution in [-0.4, -0.2) is 6.41 Å². The Hall–Kier alpha value is -2.23. The molecule has 0 aliphatic heterocycles. The van der Waals surface area contributed by atoms with Crippen molar-refractivity contribution in [3.8, 4) is 0 Å². The van der Waals surface area contributed by atoms with Gasteiger partial charge >= 0.3 is 0 Å². The van der Waals surface area contributed by atoms with Crippen LogP contribution in [0, 0.1) is 11.6 Å². The van der Waals surface area contributed by atoms with Gasteiger partial charge in [-0.25, -0.2) is 8.78 Å². The number of halogens is 2. The smallest absolute Gasteiger partial charge is 0.218 e. The van der Waals surface area contributed by atoms with E-state index in [1.807, 2.05) is 0 Å². The van der Waals surface area contributed by atoms with E-state index in [0.717, 1.165) is 0 Å². The second-order valence-electron chi connectivity index (χ2n) is 3.43. The van der Waals surface area contributed by atoms with E-state index in [-0.39, 0.29) is 11.6 Å². The molecule has 2 nitrogen and oxygen atoms in total. The van der Waals surface area contributed by atoms with Gasteiger partial charge in [0.2, 0.25) is 6.41 Å². The minimum atomic E-state index is -0.376. The van der Waals surface area contributed by atoms with Gasteiger partial charge in [0.15, 0.2) is 0 Å². The topological polar surface area (TPSA) is 20.3 Å². The normalized spacial score (nSPS) is 10.0. The Morgan fingerprint density at radius 1 is 0.765 bits per heavy atom. The second-order valence-corrected chi connectivity index (χ2v) is 3.43. The van der Waals surface area contributed by atoms with Crippen LogP contribution in [0.2, 0.25) is 0 Å². The predicted molar refractivity (Wildman–Crippen MR) is 61.0 cm³/mol. The minimum Gasteiger partial charge on any atom is -0.284 e. The Balaban J connectivity index is 2.36. The van der Waals surface area contributed by atoms with Gasteiger partial charge in [-0.3, -0.25) is 9.69 Å². The summed E-state index contributed by atoms with van der Waals surface area (Å²) in [5.41, 5.74) is 1.04. The van der Waals surface area contributed by atoms with Gasteiger partial charge in [0.05, 0.1) is 0 Å². The fourth-order valence-corrected chi connectivity index (χ4v) is 1.47. The number of benzene rings is 2. The van der Waals surface area contributed by atoms with E-state index in [0.29, 0.717) is 17.8 Å². The highest BCUT2D eigenvalue weighted by Crippen LogP contribution is 2.23. The molecule has 0 radical (unpaired) electrons. The van der Waals surface area contributed by atoms with Crippen molar-refractivity contribution >= 4 is 17.8 Å². The highest BCUT2D eigenvalue weighted by molar-refractivity contribution is 5.86. The molecule has 0 saturated heterocycles. The second kappa shape index (κ2) is 4.74. The van der Waals surface area contributed by atoms with E-state index in [9.17, 15) is 13.6 Å². The van der Waals surface area contributed by atoms with Crippen molar-refractivity contribution in [3.63, 3.8) is 0 Å². The summed E-state index contributed by atoms with van der Waals surface area (Å²) >= 11 is 0. The van der Waals surface area contributed by atoms with Gasteiger partial charge < -0.3 is 0 Å². The Morgan fingerprint density at radius 3 is 1.41 bits per heavy atom. The first-order chi connectivity index (χ1) is 8.20. The molecule has 0 aliphatic carbocycles. The van der Waals surface area contributed by atoms with E-state index in [4.69, 9.17) is 0 Å². The summed E-state index contributed by atoms with van der Waals surface area (Å²) in [6.45, 7) is 0. The maximum absolute atomic E-state index is 12.8. The fourth-order valence-electron chi connectivity index (χ4n) is 1.47. The van der Waals surface area contributed by atoms with Gasteiger partial charge in [0.1, 0.15) is 11.6 Å². The third-order valence-corrected chi connectivity index (χ3v) is 2.32. The summed E-state index contributed by atoms with van der Waals surface area (Å²) in [7, 11) is 0. The molecular weight excluding hydrogens is 224 g/mol. The zero-order valence-corrected chi connectivity index (χ0v) is 8.81. The largest absolute Gasteiger partial charge is 0.284 e.